The van der Waals surface area contributed by atoms with E-state index < -0.39 is 0 Å². The summed E-state index contributed by atoms with van der Waals surface area (Å²) in [6, 6.07) is 0. The fourth-order valence-electron chi connectivity index (χ4n) is 9.34. The summed E-state index contributed by atoms with van der Waals surface area (Å²) >= 11 is 0. The Labute approximate surface area is 175 Å². The first-order valence-corrected chi connectivity index (χ1v) is 13.0. The maximum atomic E-state index is 11.3. The van der Waals surface area contributed by atoms with Crippen LogP contribution in [0.1, 0.15) is 112 Å². The van der Waals surface area contributed by atoms with Crippen LogP contribution in [-0.4, -0.2) is 11.2 Å². The average Bonchev–Trinajstić information content (AvgIpc) is 2.92. The van der Waals surface area contributed by atoms with Gasteiger partial charge in [-0.15, -0.1) is 0 Å². The molecule has 0 aromatic carbocycles. The molecule has 0 aliphatic heterocycles. The normalized spacial score (nSPS) is 49.4. The van der Waals surface area contributed by atoms with E-state index in [1.807, 2.05) is 0 Å². The van der Waals surface area contributed by atoms with Crippen LogP contribution in [0.2, 0.25) is 0 Å². The number of fused-ring (bicyclic) bond motifs is 5. The molecule has 4 aliphatic carbocycles. The molecule has 162 valence electrons. The van der Waals surface area contributed by atoms with E-state index >= 15 is 0 Å². The number of aliphatic hydroxyl groups is 1. The summed E-state index contributed by atoms with van der Waals surface area (Å²) in [5.41, 5.74) is 0.985. The van der Waals surface area contributed by atoms with Gasteiger partial charge in [0.15, 0.2) is 0 Å². The Morgan fingerprint density at radius 1 is 0.893 bits per heavy atom. The molecule has 9 atom stereocenters. The zero-order valence-electron chi connectivity index (χ0n) is 19.6. The highest BCUT2D eigenvalue weighted by molar-refractivity contribution is 5.11. The third-order valence-electron chi connectivity index (χ3n) is 10.8. The number of aliphatic hydroxyl groups excluding tert-OH is 1. The Balaban J connectivity index is 1.51. The van der Waals surface area contributed by atoms with E-state index in [2.05, 4.69) is 34.6 Å². The minimum Gasteiger partial charge on any atom is -0.393 e. The van der Waals surface area contributed by atoms with Crippen molar-refractivity contribution in [2.24, 2.45) is 52.3 Å². The molecular weight excluding hydrogens is 340 g/mol. The molecule has 1 N–H and O–H groups in total. The fourth-order valence-corrected chi connectivity index (χ4v) is 9.34. The van der Waals surface area contributed by atoms with Gasteiger partial charge in [0.05, 0.1) is 6.10 Å². The Hall–Kier alpha value is -0.0400. The van der Waals surface area contributed by atoms with Gasteiger partial charge < -0.3 is 5.11 Å². The van der Waals surface area contributed by atoms with Gasteiger partial charge in [-0.25, -0.2) is 0 Å². The molecule has 1 heteroatoms. The summed E-state index contributed by atoms with van der Waals surface area (Å²) in [7, 11) is 0. The van der Waals surface area contributed by atoms with Crippen molar-refractivity contribution < 1.29 is 5.11 Å². The Morgan fingerprint density at radius 3 is 2.43 bits per heavy atom. The molecule has 0 bridgehead atoms. The standard InChI is InChI=1S/C27H48O/c1-18(2)9-8-10-19(3)23-17-24(28)25-21-13-12-20-11-6-7-15-26(20,4)22(21)14-16-27(23,25)5/h18-25,28H,6-17H2,1-5H3/t19-,20?,21-,22+,23-,24+,25-,26+,27-/m1/s1. The van der Waals surface area contributed by atoms with Crippen LogP contribution in [-0.2, 0) is 0 Å². The molecule has 4 aliphatic rings. The maximum Gasteiger partial charge on any atom is 0.0579 e. The van der Waals surface area contributed by atoms with E-state index in [1.165, 1.54) is 70.6 Å². The predicted octanol–water partition coefficient (Wildman–Crippen LogP) is 7.47. The van der Waals surface area contributed by atoms with Crippen LogP contribution in [0.5, 0.6) is 0 Å². The Bertz CT molecular complexity index is 540. The van der Waals surface area contributed by atoms with E-state index in [9.17, 15) is 5.11 Å². The van der Waals surface area contributed by atoms with Crippen molar-refractivity contribution >= 4 is 0 Å². The molecular formula is C27H48O. The van der Waals surface area contributed by atoms with Crippen molar-refractivity contribution in [2.45, 2.75) is 118 Å². The first-order chi connectivity index (χ1) is 13.3. The van der Waals surface area contributed by atoms with E-state index in [4.69, 9.17) is 0 Å². The van der Waals surface area contributed by atoms with Gasteiger partial charge in [0.1, 0.15) is 0 Å². The lowest BCUT2D eigenvalue weighted by atomic mass is 9.44. The topological polar surface area (TPSA) is 20.2 Å². The van der Waals surface area contributed by atoms with E-state index in [-0.39, 0.29) is 6.10 Å². The Kier molecular flexibility index (Phi) is 5.98. The lowest BCUT2D eigenvalue weighted by Gasteiger charge is -2.61. The zero-order chi connectivity index (χ0) is 20.1. The second-order valence-corrected chi connectivity index (χ2v) is 12.6. The molecule has 28 heavy (non-hydrogen) atoms. The summed E-state index contributed by atoms with van der Waals surface area (Å²) in [5, 5.41) is 11.3. The minimum atomic E-state index is -0.0286. The lowest BCUT2D eigenvalue weighted by Crippen LogP contribution is -2.54. The summed E-state index contributed by atoms with van der Waals surface area (Å²) in [5.74, 6) is 5.63. The Morgan fingerprint density at radius 2 is 1.68 bits per heavy atom. The largest absolute Gasteiger partial charge is 0.393 e. The highest BCUT2D eigenvalue weighted by Crippen LogP contribution is 2.68. The lowest BCUT2D eigenvalue weighted by molar-refractivity contribution is -0.130. The molecule has 1 nitrogen and oxygen atoms in total. The van der Waals surface area contributed by atoms with Gasteiger partial charge in [0.2, 0.25) is 0 Å². The molecule has 0 aromatic heterocycles. The first kappa shape index (κ1) is 21.2. The summed E-state index contributed by atoms with van der Waals surface area (Å²) in [6.45, 7) is 12.5. The summed E-state index contributed by atoms with van der Waals surface area (Å²) in [4.78, 5) is 0. The molecule has 4 rings (SSSR count). The van der Waals surface area contributed by atoms with Crippen molar-refractivity contribution in [3.8, 4) is 0 Å². The van der Waals surface area contributed by atoms with Crippen molar-refractivity contribution in [1.29, 1.82) is 0 Å². The van der Waals surface area contributed by atoms with Gasteiger partial charge in [0, 0.05) is 0 Å². The highest BCUT2D eigenvalue weighted by atomic mass is 16.3. The summed E-state index contributed by atoms with van der Waals surface area (Å²) in [6.07, 6.45) is 16.7. The van der Waals surface area contributed by atoms with Gasteiger partial charge in [-0.3, -0.25) is 0 Å². The van der Waals surface area contributed by atoms with Gasteiger partial charge in [-0.05, 0) is 97.2 Å². The third-order valence-corrected chi connectivity index (χ3v) is 10.8. The fraction of sp³-hybridized carbons (Fsp3) is 1.00. The smallest absolute Gasteiger partial charge is 0.0579 e. The van der Waals surface area contributed by atoms with Crippen LogP contribution in [0.15, 0.2) is 0 Å². The van der Waals surface area contributed by atoms with Gasteiger partial charge in [0.25, 0.3) is 0 Å². The molecule has 0 spiro atoms. The van der Waals surface area contributed by atoms with Crippen LogP contribution < -0.4 is 0 Å². The molecule has 0 radical (unpaired) electrons. The quantitative estimate of drug-likeness (QED) is 0.518. The predicted molar refractivity (Wildman–Crippen MR) is 119 cm³/mol. The van der Waals surface area contributed by atoms with Crippen LogP contribution in [0.25, 0.3) is 0 Å². The van der Waals surface area contributed by atoms with Crippen molar-refractivity contribution in [3.63, 3.8) is 0 Å². The molecule has 0 saturated heterocycles. The van der Waals surface area contributed by atoms with Gasteiger partial charge in [-0.1, -0.05) is 66.7 Å². The first-order valence-electron chi connectivity index (χ1n) is 13.0. The average molecular weight is 389 g/mol. The van der Waals surface area contributed by atoms with Crippen LogP contribution in [0, 0.1) is 52.3 Å². The number of rotatable bonds is 5. The van der Waals surface area contributed by atoms with Crippen LogP contribution in [0.3, 0.4) is 0 Å². The number of hydrogen-bond acceptors (Lipinski definition) is 1. The van der Waals surface area contributed by atoms with Gasteiger partial charge >= 0.3 is 0 Å². The zero-order valence-corrected chi connectivity index (χ0v) is 19.6. The minimum absolute atomic E-state index is 0.0286. The number of hydrogen-bond donors (Lipinski definition) is 1. The molecule has 0 aromatic rings. The van der Waals surface area contributed by atoms with Crippen LogP contribution in [0.4, 0.5) is 0 Å². The van der Waals surface area contributed by atoms with Crippen molar-refractivity contribution in [1.82, 2.24) is 0 Å². The molecule has 4 saturated carbocycles. The van der Waals surface area contributed by atoms with Crippen molar-refractivity contribution in [3.05, 3.63) is 0 Å². The molecule has 0 heterocycles. The highest BCUT2D eigenvalue weighted by Gasteiger charge is 2.62. The molecule has 0 amide bonds. The van der Waals surface area contributed by atoms with E-state index in [1.54, 1.807) is 0 Å². The monoisotopic (exact) mass is 388 g/mol. The van der Waals surface area contributed by atoms with Gasteiger partial charge in [-0.2, -0.15) is 0 Å². The van der Waals surface area contributed by atoms with Crippen molar-refractivity contribution in [2.75, 3.05) is 0 Å². The summed E-state index contributed by atoms with van der Waals surface area (Å²) < 4.78 is 0. The second-order valence-electron chi connectivity index (χ2n) is 12.6. The maximum absolute atomic E-state index is 11.3. The van der Waals surface area contributed by atoms with E-state index in [0.29, 0.717) is 16.7 Å². The van der Waals surface area contributed by atoms with Crippen LogP contribution >= 0.6 is 0 Å². The second kappa shape index (κ2) is 7.90. The third kappa shape index (κ3) is 3.40. The SMILES string of the molecule is CC(C)CCC[C@@H](C)[C@H]1C[C@H](O)[C@H]2[C@@H]3CCC4CCCC[C@]4(C)[C@H]3CC[C@@]21C. The molecule has 1 unspecified atom stereocenters. The molecule has 4 fully saturated rings. The van der Waals surface area contributed by atoms with E-state index in [0.717, 1.165) is 41.9 Å².